The zero-order valence-electron chi connectivity index (χ0n) is 16.6. The number of para-hydroxylation sites is 2. The number of carbonyl (C=O) groups excluding carboxylic acids is 1. The predicted octanol–water partition coefficient (Wildman–Crippen LogP) is 5.01. The number of carbonyl (C=O) groups is 1. The quantitative estimate of drug-likeness (QED) is 0.424. The molecule has 0 atom stereocenters. The SMILES string of the molecule is COc1ccccc1-c1nnc(SCC(=O)n2c3c(c4ccccc42)CCCC3)o1. The van der Waals surface area contributed by atoms with Gasteiger partial charge in [0, 0.05) is 11.1 Å². The lowest BCUT2D eigenvalue weighted by Crippen LogP contribution is -2.18. The Kier molecular flexibility index (Phi) is 5.04. The smallest absolute Gasteiger partial charge is 0.277 e. The Bertz CT molecular complexity index is 1230. The molecule has 0 saturated heterocycles. The van der Waals surface area contributed by atoms with E-state index in [1.165, 1.54) is 29.1 Å². The third kappa shape index (κ3) is 3.29. The molecule has 0 fully saturated rings. The van der Waals surface area contributed by atoms with Crippen LogP contribution in [0.4, 0.5) is 0 Å². The van der Waals surface area contributed by atoms with Gasteiger partial charge in [0.15, 0.2) is 0 Å². The molecule has 152 valence electrons. The molecular weight excluding hydrogens is 398 g/mol. The van der Waals surface area contributed by atoms with Crippen LogP contribution in [0.15, 0.2) is 58.2 Å². The molecule has 5 rings (SSSR count). The fraction of sp³-hybridized carbons (Fsp3) is 0.261. The van der Waals surface area contributed by atoms with Crippen LogP contribution in [-0.2, 0) is 12.8 Å². The van der Waals surface area contributed by atoms with Gasteiger partial charge in [0.25, 0.3) is 11.1 Å². The van der Waals surface area contributed by atoms with E-state index in [2.05, 4.69) is 16.3 Å². The molecule has 2 aromatic carbocycles. The van der Waals surface area contributed by atoms with Crippen molar-refractivity contribution in [1.82, 2.24) is 14.8 Å². The van der Waals surface area contributed by atoms with Gasteiger partial charge in [0.1, 0.15) is 5.75 Å². The molecule has 7 heteroatoms. The summed E-state index contributed by atoms with van der Waals surface area (Å²) >= 11 is 1.26. The summed E-state index contributed by atoms with van der Waals surface area (Å²) < 4.78 is 13.0. The van der Waals surface area contributed by atoms with Crippen LogP contribution in [0.3, 0.4) is 0 Å². The van der Waals surface area contributed by atoms with Gasteiger partial charge in [-0.25, -0.2) is 0 Å². The maximum atomic E-state index is 13.2. The molecule has 4 aromatic rings. The van der Waals surface area contributed by atoms with Gasteiger partial charge in [-0.2, -0.15) is 0 Å². The average molecular weight is 420 g/mol. The second-order valence-corrected chi connectivity index (χ2v) is 8.17. The van der Waals surface area contributed by atoms with Gasteiger partial charge in [0.05, 0.1) is 23.9 Å². The molecule has 30 heavy (non-hydrogen) atoms. The number of benzene rings is 2. The van der Waals surface area contributed by atoms with E-state index in [0.717, 1.165) is 36.0 Å². The minimum atomic E-state index is 0.0383. The van der Waals surface area contributed by atoms with Crippen LogP contribution in [0.1, 0.15) is 28.9 Å². The standard InChI is InChI=1S/C23H21N3O3S/c1-28-20-13-7-4-10-17(20)22-24-25-23(29-22)30-14-21(27)26-18-11-5-2-8-15(18)16-9-3-6-12-19(16)26/h2,4-5,7-8,10-11,13H,3,6,9,12,14H2,1H3. The zero-order chi connectivity index (χ0) is 20.5. The Morgan fingerprint density at radius 3 is 2.80 bits per heavy atom. The molecule has 6 nitrogen and oxygen atoms in total. The van der Waals surface area contributed by atoms with Crippen LogP contribution in [0.2, 0.25) is 0 Å². The third-order valence-electron chi connectivity index (χ3n) is 5.49. The summed E-state index contributed by atoms with van der Waals surface area (Å²) in [6.07, 6.45) is 4.28. The Morgan fingerprint density at radius 1 is 1.10 bits per heavy atom. The monoisotopic (exact) mass is 419 g/mol. The lowest BCUT2D eigenvalue weighted by molar-refractivity contribution is 0.0943. The first-order chi connectivity index (χ1) is 14.8. The minimum Gasteiger partial charge on any atom is -0.496 e. The first-order valence-corrected chi connectivity index (χ1v) is 11.0. The summed E-state index contributed by atoms with van der Waals surface area (Å²) in [7, 11) is 1.60. The maximum Gasteiger partial charge on any atom is 0.277 e. The van der Waals surface area contributed by atoms with Gasteiger partial charge in [-0.1, -0.05) is 42.1 Å². The summed E-state index contributed by atoms with van der Waals surface area (Å²) in [4.78, 5) is 13.2. The molecule has 0 radical (unpaired) electrons. The van der Waals surface area contributed by atoms with E-state index >= 15 is 0 Å². The van der Waals surface area contributed by atoms with E-state index in [1.54, 1.807) is 7.11 Å². The van der Waals surface area contributed by atoms with Crippen molar-refractivity contribution in [3.63, 3.8) is 0 Å². The molecule has 2 aromatic heterocycles. The molecule has 0 amide bonds. The molecule has 0 bridgehead atoms. The normalized spacial score (nSPS) is 13.4. The van der Waals surface area contributed by atoms with Gasteiger partial charge < -0.3 is 9.15 Å². The Labute approximate surface area is 178 Å². The highest BCUT2D eigenvalue weighted by Crippen LogP contribution is 2.33. The van der Waals surface area contributed by atoms with Crippen molar-refractivity contribution in [1.29, 1.82) is 0 Å². The molecule has 1 aliphatic rings. The van der Waals surface area contributed by atoms with Gasteiger partial charge in [-0.3, -0.25) is 9.36 Å². The minimum absolute atomic E-state index is 0.0383. The highest BCUT2D eigenvalue weighted by Gasteiger charge is 2.23. The van der Waals surface area contributed by atoms with E-state index in [1.807, 2.05) is 47.0 Å². The van der Waals surface area contributed by atoms with E-state index in [-0.39, 0.29) is 11.7 Å². The summed E-state index contributed by atoms with van der Waals surface area (Å²) in [6.45, 7) is 0. The van der Waals surface area contributed by atoms with Crippen molar-refractivity contribution in [2.24, 2.45) is 0 Å². The largest absolute Gasteiger partial charge is 0.496 e. The molecule has 0 saturated carbocycles. The Hall–Kier alpha value is -3.06. The van der Waals surface area contributed by atoms with Crippen LogP contribution in [0, 0.1) is 0 Å². The first kappa shape index (κ1) is 18.9. The molecule has 0 N–H and O–H groups in total. The fourth-order valence-electron chi connectivity index (χ4n) is 4.17. The molecule has 2 heterocycles. The summed E-state index contributed by atoms with van der Waals surface area (Å²) in [5.41, 5.74) is 4.21. The number of aromatic nitrogens is 3. The molecule has 1 aliphatic carbocycles. The third-order valence-corrected chi connectivity index (χ3v) is 6.29. The van der Waals surface area contributed by atoms with Gasteiger partial charge >= 0.3 is 0 Å². The number of ether oxygens (including phenoxy) is 1. The summed E-state index contributed by atoms with van der Waals surface area (Å²) in [5, 5.41) is 9.79. The Morgan fingerprint density at radius 2 is 1.90 bits per heavy atom. The second kappa shape index (κ2) is 7.99. The highest BCUT2D eigenvalue weighted by atomic mass is 32.2. The van der Waals surface area contributed by atoms with Crippen molar-refractivity contribution >= 4 is 28.6 Å². The van der Waals surface area contributed by atoms with Crippen LogP contribution in [0.25, 0.3) is 22.4 Å². The van der Waals surface area contributed by atoms with Crippen molar-refractivity contribution < 1.29 is 13.9 Å². The lowest BCUT2D eigenvalue weighted by Gasteiger charge is -2.14. The molecule has 0 spiro atoms. The number of fused-ring (bicyclic) bond motifs is 3. The number of thioether (sulfide) groups is 1. The number of hydrogen-bond acceptors (Lipinski definition) is 6. The van der Waals surface area contributed by atoms with E-state index < -0.39 is 0 Å². The van der Waals surface area contributed by atoms with Crippen LogP contribution < -0.4 is 4.74 Å². The number of methoxy groups -OCH3 is 1. The molecular formula is C23H21N3O3S. The number of hydrogen-bond donors (Lipinski definition) is 0. The van der Waals surface area contributed by atoms with Gasteiger partial charge in [-0.05, 0) is 49.4 Å². The zero-order valence-corrected chi connectivity index (χ0v) is 17.4. The van der Waals surface area contributed by atoms with Crippen LogP contribution in [0.5, 0.6) is 5.75 Å². The Balaban J connectivity index is 1.38. The predicted molar refractivity (Wildman–Crippen MR) is 116 cm³/mol. The topological polar surface area (TPSA) is 70.2 Å². The second-order valence-electron chi connectivity index (χ2n) is 7.24. The lowest BCUT2D eigenvalue weighted by atomic mass is 9.96. The first-order valence-electron chi connectivity index (χ1n) is 10.0. The van der Waals surface area contributed by atoms with E-state index in [4.69, 9.17) is 9.15 Å². The number of aryl methyl sites for hydroxylation is 1. The van der Waals surface area contributed by atoms with Crippen molar-refractivity contribution in [3.8, 4) is 17.2 Å². The molecule has 0 aliphatic heterocycles. The van der Waals surface area contributed by atoms with Crippen LogP contribution in [-0.4, -0.2) is 33.5 Å². The van der Waals surface area contributed by atoms with Crippen molar-refractivity contribution in [3.05, 3.63) is 59.8 Å². The van der Waals surface area contributed by atoms with Gasteiger partial charge in [-0.15, -0.1) is 10.2 Å². The highest BCUT2D eigenvalue weighted by molar-refractivity contribution is 7.99. The fourth-order valence-corrected chi connectivity index (χ4v) is 4.78. The number of nitrogens with zero attached hydrogens (tertiary/aromatic N) is 3. The summed E-state index contributed by atoms with van der Waals surface area (Å²) in [5.74, 6) is 1.32. The van der Waals surface area contributed by atoms with E-state index in [9.17, 15) is 4.79 Å². The van der Waals surface area contributed by atoms with Crippen molar-refractivity contribution in [2.45, 2.75) is 30.9 Å². The van der Waals surface area contributed by atoms with Crippen LogP contribution >= 0.6 is 11.8 Å². The van der Waals surface area contributed by atoms with Gasteiger partial charge in [0.2, 0.25) is 5.91 Å². The van der Waals surface area contributed by atoms with E-state index in [0.29, 0.717) is 16.9 Å². The van der Waals surface area contributed by atoms with Crippen molar-refractivity contribution in [2.75, 3.05) is 12.9 Å². The molecule has 0 unspecified atom stereocenters. The number of rotatable bonds is 5. The summed E-state index contributed by atoms with van der Waals surface area (Å²) in [6, 6.07) is 15.7. The maximum absolute atomic E-state index is 13.2. The average Bonchev–Trinajstić information content (AvgIpc) is 3.40.